The first-order valence-electron chi connectivity index (χ1n) is 6.40. The van der Waals surface area contributed by atoms with Gasteiger partial charge < -0.3 is 16.0 Å². The van der Waals surface area contributed by atoms with Crippen LogP contribution in [-0.2, 0) is 0 Å². The summed E-state index contributed by atoms with van der Waals surface area (Å²) in [4.78, 5) is 25.7. The quantitative estimate of drug-likeness (QED) is 0.724. The zero-order valence-electron chi connectivity index (χ0n) is 11.6. The molecule has 0 saturated carbocycles. The molecule has 0 radical (unpaired) electrons. The highest BCUT2D eigenvalue weighted by molar-refractivity contribution is 6.04. The van der Waals surface area contributed by atoms with E-state index < -0.39 is 0 Å². The first kappa shape index (κ1) is 14.6. The van der Waals surface area contributed by atoms with Gasteiger partial charge in [-0.1, -0.05) is 17.9 Å². The average Bonchev–Trinajstić information content (AvgIpc) is 2.47. The number of carbonyl (C=O) groups excluding carboxylic acids is 1. The number of nitrogens with two attached hydrogens (primary N) is 1. The van der Waals surface area contributed by atoms with Crippen molar-refractivity contribution in [2.45, 2.75) is 6.92 Å². The molecule has 5 heteroatoms. The van der Waals surface area contributed by atoms with Crippen LogP contribution in [0.1, 0.15) is 21.5 Å². The van der Waals surface area contributed by atoms with Crippen LogP contribution in [0.3, 0.4) is 0 Å². The summed E-state index contributed by atoms with van der Waals surface area (Å²) in [5.74, 6) is 5.39. The monoisotopic (exact) mass is 281 g/mol. The van der Waals surface area contributed by atoms with E-state index in [1.165, 1.54) is 12.3 Å². The summed E-state index contributed by atoms with van der Waals surface area (Å²) >= 11 is 0. The smallest absolute Gasteiger partial charge is 0.255 e. The lowest BCUT2D eigenvalue weighted by atomic mass is 10.1. The zero-order valence-corrected chi connectivity index (χ0v) is 11.6. The molecule has 4 N–H and O–H groups in total. The maximum Gasteiger partial charge on any atom is 0.255 e. The van der Waals surface area contributed by atoms with Crippen molar-refractivity contribution in [2.24, 2.45) is 5.73 Å². The molecule has 1 amide bonds. The topological polar surface area (TPSA) is 88.0 Å². The van der Waals surface area contributed by atoms with Crippen molar-refractivity contribution in [1.82, 2.24) is 4.98 Å². The summed E-state index contributed by atoms with van der Waals surface area (Å²) in [5.41, 5.74) is 7.77. The second-order valence-electron chi connectivity index (χ2n) is 4.43. The molecule has 1 aromatic heterocycles. The summed E-state index contributed by atoms with van der Waals surface area (Å²) in [7, 11) is 0. The molecule has 106 valence electrons. The fourth-order valence-corrected chi connectivity index (χ4v) is 1.77. The molecule has 0 bridgehead atoms. The molecule has 21 heavy (non-hydrogen) atoms. The van der Waals surface area contributed by atoms with Gasteiger partial charge in [-0.3, -0.25) is 9.59 Å². The number of aryl methyl sites for hydroxylation is 1. The number of nitrogens with one attached hydrogen (secondary N) is 2. The van der Waals surface area contributed by atoms with Crippen molar-refractivity contribution in [1.29, 1.82) is 0 Å². The van der Waals surface area contributed by atoms with Gasteiger partial charge in [0.1, 0.15) is 0 Å². The maximum absolute atomic E-state index is 12.1. The van der Waals surface area contributed by atoms with Crippen molar-refractivity contribution >= 4 is 11.6 Å². The molecule has 0 unspecified atom stereocenters. The number of aromatic nitrogens is 1. The molecule has 0 atom stereocenters. The summed E-state index contributed by atoms with van der Waals surface area (Å²) in [6, 6.07) is 8.23. The largest absolute Gasteiger partial charge is 0.329 e. The number of hydrogen-bond donors (Lipinski definition) is 3. The minimum absolute atomic E-state index is 0.281. The fraction of sp³-hybridized carbons (Fsp3) is 0.125. The molecule has 2 rings (SSSR count). The second kappa shape index (κ2) is 6.55. The number of carbonyl (C=O) groups is 1. The minimum atomic E-state index is -0.345. The predicted molar refractivity (Wildman–Crippen MR) is 82.1 cm³/mol. The molecule has 1 aromatic carbocycles. The lowest BCUT2D eigenvalue weighted by Gasteiger charge is -2.07. The van der Waals surface area contributed by atoms with Crippen LogP contribution in [-0.4, -0.2) is 17.4 Å². The molecule has 0 spiro atoms. The maximum atomic E-state index is 12.1. The van der Waals surface area contributed by atoms with Crippen molar-refractivity contribution in [2.75, 3.05) is 11.9 Å². The van der Waals surface area contributed by atoms with E-state index in [4.69, 9.17) is 5.73 Å². The highest BCUT2D eigenvalue weighted by atomic mass is 16.2. The molecular weight excluding hydrogens is 266 g/mol. The van der Waals surface area contributed by atoms with Crippen molar-refractivity contribution < 1.29 is 4.79 Å². The number of anilines is 1. The van der Waals surface area contributed by atoms with Crippen LogP contribution in [0.2, 0.25) is 0 Å². The summed E-state index contributed by atoms with van der Waals surface area (Å²) in [6.07, 6.45) is 1.44. The number of benzene rings is 1. The van der Waals surface area contributed by atoms with Crippen molar-refractivity contribution in [3.63, 3.8) is 0 Å². The van der Waals surface area contributed by atoms with Gasteiger partial charge in [-0.2, -0.15) is 0 Å². The van der Waals surface area contributed by atoms with Gasteiger partial charge in [-0.05, 0) is 30.7 Å². The minimum Gasteiger partial charge on any atom is -0.329 e. The molecular formula is C16H15N3O2. The van der Waals surface area contributed by atoms with Gasteiger partial charge in [-0.25, -0.2) is 0 Å². The third kappa shape index (κ3) is 3.81. The first-order chi connectivity index (χ1) is 10.1. The fourth-order valence-electron chi connectivity index (χ4n) is 1.77. The molecule has 0 fully saturated rings. The van der Waals surface area contributed by atoms with Gasteiger partial charge in [-0.15, -0.1) is 0 Å². The number of aromatic amines is 1. The molecule has 2 aromatic rings. The standard InChI is InChI=1S/C16H15N3O2/c1-11-4-5-14(9-12(11)3-2-7-17)19-16(21)13-6-8-18-15(20)10-13/h4-6,8-10H,7,17H2,1H3,(H,18,20)(H,19,21). The zero-order chi connectivity index (χ0) is 15.2. The Kier molecular flexibility index (Phi) is 4.54. The summed E-state index contributed by atoms with van der Waals surface area (Å²) in [5, 5.41) is 2.74. The van der Waals surface area contributed by atoms with E-state index in [1.54, 1.807) is 18.2 Å². The Labute approximate surface area is 122 Å². The van der Waals surface area contributed by atoms with Crippen LogP contribution in [0.4, 0.5) is 5.69 Å². The second-order valence-corrected chi connectivity index (χ2v) is 4.43. The SMILES string of the molecule is Cc1ccc(NC(=O)c2cc[nH]c(=O)c2)cc1C#CCN. The lowest BCUT2D eigenvalue weighted by molar-refractivity contribution is 0.102. The van der Waals surface area contributed by atoms with Gasteiger partial charge in [0.2, 0.25) is 5.56 Å². The highest BCUT2D eigenvalue weighted by Crippen LogP contribution is 2.15. The van der Waals surface area contributed by atoms with E-state index >= 15 is 0 Å². The first-order valence-corrected chi connectivity index (χ1v) is 6.40. The normalized spacial score (nSPS) is 9.62. The van der Waals surface area contributed by atoms with Crippen molar-refractivity contribution in [3.8, 4) is 11.8 Å². The number of hydrogen-bond acceptors (Lipinski definition) is 3. The number of amides is 1. The van der Waals surface area contributed by atoms with Crippen LogP contribution in [0.5, 0.6) is 0 Å². The Bertz CT molecular complexity index is 782. The Hall–Kier alpha value is -2.84. The van der Waals surface area contributed by atoms with Crippen LogP contribution in [0.15, 0.2) is 41.3 Å². The van der Waals surface area contributed by atoms with Gasteiger partial charge in [0.25, 0.3) is 5.91 Å². The van der Waals surface area contributed by atoms with E-state index in [2.05, 4.69) is 22.1 Å². The van der Waals surface area contributed by atoms with Crippen LogP contribution >= 0.6 is 0 Å². The van der Waals surface area contributed by atoms with E-state index in [-0.39, 0.29) is 18.0 Å². The van der Waals surface area contributed by atoms with Gasteiger partial charge in [0.05, 0.1) is 6.54 Å². The Morgan fingerprint density at radius 2 is 2.14 bits per heavy atom. The van der Waals surface area contributed by atoms with Crippen LogP contribution in [0.25, 0.3) is 0 Å². The number of H-pyrrole nitrogens is 1. The van der Waals surface area contributed by atoms with Crippen LogP contribution < -0.4 is 16.6 Å². The summed E-state index contributed by atoms with van der Waals surface area (Å²) in [6.45, 7) is 2.21. The molecule has 0 saturated heterocycles. The molecule has 0 aliphatic carbocycles. The molecule has 0 aliphatic heterocycles. The van der Waals surface area contributed by atoms with E-state index in [0.29, 0.717) is 11.3 Å². The van der Waals surface area contributed by atoms with Gasteiger partial charge >= 0.3 is 0 Å². The van der Waals surface area contributed by atoms with E-state index in [1.807, 2.05) is 13.0 Å². The van der Waals surface area contributed by atoms with Crippen molar-refractivity contribution in [3.05, 3.63) is 63.6 Å². The van der Waals surface area contributed by atoms with Gasteiger partial charge in [0.15, 0.2) is 0 Å². The molecule has 5 nitrogen and oxygen atoms in total. The highest BCUT2D eigenvalue weighted by Gasteiger charge is 2.07. The van der Waals surface area contributed by atoms with E-state index in [9.17, 15) is 9.59 Å². The third-order valence-corrected chi connectivity index (χ3v) is 2.86. The Morgan fingerprint density at radius 1 is 1.33 bits per heavy atom. The Morgan fingerprint density at radius 3 is 2.86 bits per heavy atom. The number of pyridine rings is 1. The molecule has 1 heterocycles. The summed E-state index contributed by atoms with van der Waals surface area (Å²) < 4.78 is 0. The molecule has 0 aliphatic rings. The third-order valence-electron chi connectivity index (χ3n) is 2.86. The predicted octanol–water partition coefficient (Wildman–Crippen LogP) is 1.25. The number of rotatable bonds is 2. The van der Waals surface area contributed by atoms with E-state index in [0.717, 1.165) is 11.1 Å². The average molecular weight is 281 g/mol. The van der Waals surface area contributed by atoms with Gasteiger partial charge in [0, 0.05) is 29.1 Å². The Balaban J connectivity index is 2.23. The van der Waals surface area contributed by atoms with Crippen LogP contribution in [0, 0.1) is 18.8 Å². The lowest BCUT2D eigenvalue weighted by Crippen LogP contribution is -2.15.